The van der Waals surface area contributed by atoms with Gasteiger partial charge >= 0.3 is 0 Å². The van der Waals surface area contributed by atoms with E-state index >= 15 is 0 Å². The Morgan fingerprint density at radius 2 is 1.50 bits per heavy atom. The molecule has 0 aliphatic heterocycles. The number of carbonyl (C=O) groups is 3. The first kappa shape index (κ1) is 30.6. The van der Waals surface area contributed by atoms with Crippen LogP contribution in [0.1, 0.15) is 75.9 Å². The molecule has 2 amide bonds. The van der Waals surface area contributed by atoms with Gasteiger partial charge in [-0.15, -0.1) is 0 Å². The Kier molecular flexibility index (Phi) is 9.22. The minimum absolute atomic E-state index is 0.0569. The second-order valence-electron chi connectivity index (χ2n) is 11.9. The molecular weight excluding hydrogens is 512 g/mol. The Bertz CT molecular complexity index is 1320. The lowest BCUT2D eigenvalue weighted by Gasteiger charge is -2.21. The molecule has 0 bridgehead atoms. The number of benzene rings is 1. The van der Waals surface area contributed by atoms with Gasteiger partial charge < -0.3 is 19.5 Å². The molecule has 1 saturated carbocycles. The Labute approximate surface area is 235 Å². The Morgan fingerprint density at radius 1 is 0.900 bits per heavy atom. The van der Waals surface area contributed by atoms with Crippen molar-refractivity contribution in [2.75, 3.05) is 32.0 Å². The molecule has 0 spiro atoms. The van der Waals surface area contributed by atoms with E-state index in [4.69, 9.17) is 14.2 Å². The van der Waals surface area contributed by atoms with Gasteiger partial charge in [-0.1, -0.05) is 47.6 Å². The van der Waals surface area contributed by atoms with Crippen LogP contribution in [0.5, 0.6) is 17.2 Å². The lowest BCUT2D eigenvalue weighted by atomic mass is 9.94. The number of aromatic nitrogens is 2. The number of nitrogens with one attached hydrogen (secondary N) is 2. The van der Waals surface area contributed by atoms with Gasteiger partial charge in [0.05, 0.1) is 26.9 Å². The molecule has 0 saturated heterocycles. The van der Waals surface area contributed by atoms with Crippen molar-refractivity contribution in [2.24, 2.45) is 16.7 Å². The molecule has 0 radical (unpaired) electrons. The quantitative estimate of drug-likeness (QED) is 0.304. The van der Waals surface area contributed by atoms with E-state index in [0.717, 1.165) is 12.8 Å². The highest BCUT2D eigenvalue weighted by atomic mass is 16.5. The fourth-order valence-electron chi connectivity index (χ4n) is 3.71. The zero-order chi connectivity index (χ0) is 29.8. The number of carbonyl (C=O) groups excluding carboxylic acids is 3. The highest BCUT2D eigenvalue weighted by Crippen LogP contribution is 2.43. The van der Waals surface area contributed by atoms with Crippen LogP contribution in [0.3, 0.4) is 0 Å². The maximum atomic E-state index is 13.5. The molecule has 2 N–H and O–H groups in total. The molecule has 10 nitrogen and oxygen atoms in total. The van der Waals surface area contributed by atoms with Crippen LogP contribution in [0.2, 0.25) is 0 Å². The fraction of sp³-hybridized carbons (Fsp3) is 0.500. The summed E-state index contributed by atoms with van der Waals surface area (Å²) in [5.74, 6) is 0.834. The van der Waals surface area contributed by atoms with Crippen LogP contribution in [0, 0.1) is 16.7 Å². The van der Waals surface area contributed by atoms with Crippen LogP contribution >= 0.6 is 0 Å². The van der Waals surface area contributed by atoms with E-state index in [9.17, 15) is 14.4 Å². The maximum absolute atomic E-state index is 13.5. The summed E-state index contributed by atoms with van der Waals surface area (Å²) in [5.41, 5.74) is 0.0339. The minimum atomic E-state index is -0.710. The number of allylic oxidation sites excluding steroid dienone is 2. The van der Waals surface area contributed by atoms with Crippen molar-refractivity contribution in [1.82, 2.24) is 9.97 Å². The minimum Gasteiger partial charge on any atom is -0.493 e. The molecule has 1 aliphatic carbocycles. The summed E-state index contributed by atoms with van der Waals surface area (Å²) in [7, 11) is 4.44. The first-order valence-corrected chi connectivity index (χ1v) is 13.2. The van der Waals surface area contributed by atoms with E-state index < -0.39 is 10.8 Å². The van der Waals surface area contributed by atoms with E-state index in [1.54, 1.807) is 53.7 Å². The van der Waals surface area contributed by atoms with E-state index in [2.05, 4.69) is 20.6 Å². The number of amides is 2. The van der Waals surface area contributed by atoms with Gasteiger partial charge in [0.25, 0.3) is 0 Å². The number of rotatable bonds is 10. The second-order valence-corrected chi connectivity index (χ2v) is 11.9. The number of methoxy groups -OCH3 is 3. The standard InChI is InChI=1S/C30H40N4O6/c1-29(2,3)26(36)32-25-19(16-31-28(33-25)34-27(37)30(4,5)6)14-18-15-21(38-7)23(39-8)24(40-9)22(18)20(35)13-12-17-10-11-17/h12-13,15-17H,10-11,14H2,1-9H3,(H2,31,32,33,34,36,37). The molecule has 216 valence electrons. The molecule has 10 heteroatoms. The van der Waals surface area contributed by atoms with Gasteiger partial charge in [0.2, 0.25) is 23.5 Å². The van der Waals surface area contributed by atoms with E-state index in [1.807, 2.05) is 6.08 Å². The molecular formula is C30H40N4O6. The number of hydrogen-bond acceptors (Lipinski definition) is 8. The van der Waals surface area contributed by atoms with Crippen molar-refractivity contribution in [3.8, 4) is 17.2 Å². The maximum Gasteiger partial charge on any atom is 0.232 e. The van der Waals surface area contributed by atoms with Crippen molar-refractivity contribution in [3.63, 3.8) is 0 Å². The molecule has 1 aromatic heterocycles. The third-order valence-electron chi connectivity index (χ3n) is 6.36. The molecule has 0 atom stereocenters. The van der Waals surface area contributed by atoms with Crippen LogP contribution in [0.25, 0.3) is 0 Å². The summed E-state index contributed by atoms with van der Waals surface area (Å²) in [4.78, 5) is 47.8. The molecule has 2 aromatic rings. The molecule has 1 heterocycles. The molecule has 1 aliphatic rings. The van der Waals surface area contributed by atoms with Crippen molar-refractivity contribution in [2.45, 2.75) is 60.8 Å². The van der Waals surface area contributed by atoms with E-state index in [0.29, 0.717) is 34.1 Å². The highest BCUT2D eigenvalue weighted by Gasteiger charge is 2.28. The largest absolute Gasteiger partial charge is 0.493 e. The van der Waals surface area contributed by atoms with Crippen LogP contribution in [0.15, 0.2) is 24.4 Å². The van der Waals surface area contributed by atoms with Crippen LogP contribution in [0.4, 0.5) is 11.8 Å². The van der Waals surface area contributed by atoms with Crippen LogP contribution < -0.4 is 24.8 Å². The zero-order valence-electron chi connectivity index (χ0n) is 24.9. The van der Waals surface area contributed by atoms with Gasteiger partial charge in [0.1, 0.15) is 5.82 Å². The normalized spacial score (nSPS) is 13.6. The van der Waals surface area contributed by atoms with Crippen LogP contribution in [-0.2, 0) is 16.0 Å². The number of nitrogens with zero attached hydrogens (tertiary/aromatic N) is 2. The van der Waals surface area contributed by atoms with Gasteiger partial charge in [0, 0.05) is 29.0 Å². The predicted molar refractivity (Wildman–Crippen MR) is 153 cm³/mol. The lowest BCUT2D eigenvalue weighted by Crippen LogP contribution is -2.30. The molecule has 0 unspecified atom stereocenters. The Morgan fingerprint density at radius 3 is 2.02 bits per heavy atom. The van der Waals surface area contributed by atoms with Gasteiger partial charge in [-0.25, -0.2) is 4.98 Å². The fourth-order valence-corrected chi connectivity index (χ4v) is 3.71. The first-order valence-electron chi connectivity index (χ1n) is 13.2. The average Bonchev–Trinajstić information content (AvgIpc) is 3.71. The van der Waals surface area contributed by atoms with Crippen molar-refractivity contribution >= 4 is 29.4 Å². The number of ether oxygens (including phenoxy) is 3. The molecule has 40 heavy (non-hydrogen) atoms. The van der Waals surface area contributed by atoms with Crippen molar-refractivity contribution in [1.29, 1.82) is 0 Å². The summed E-state index contributed by atoms with van der Waals surface area (Å²) in [6, 6.07) is 1.71. The summed E-state index contributed by atoms with van der Waals surface area (Å²) in [5, 5.41) is 5.58. The number of hydrogen-bond donors (Lipinski definition) is 2. The summed E-state index contributed by atoms with van der Waals surface area (Å²) < 4.78 is 16.7. The second kappa shape index (κ2) is 12.1. The van der Waals surface area contributed by atoms with Crippen molar-refractivity contribution < 1.29 is 28.6 Å². The molecule has 3 rings (SSSR count). The smallest absolute Gasteiger partial charge is 0.232 e. The highest BCUT2D eigenvalue weighted by molar-refractivity contribution is 6.08. The summed E-state index contributed by atoms with van der Waals surface area (Å²) in [6.45, 7) is 10.7. The van der Waals surface area contributed by atoms with Gasteiger partial charge in [-0.05, 0) is 36.5 Å². The predicted octanol–water partition coefficient (Wildman–Crippen LogP) is 5.21. The third kappa shape index (κ3) is 7.37. The first-order chi connectivity index (χ1) is 18.7. The SMILES string of the molecule is COc1cc(Cc2cnc(NC(=O)C(C)(C)C)nc2NC(=O)C(C)(C)C)c(C(=O)C=CC2CC2)c(OC)c1OC. The lowest BCUT2D eigenvalue weighted by molar-refractivity contribution is -0.123. The molecule has 1 aromatic carbocycles. The van der Waals surface area contributed by atoms with Gasteiger partial charge in [-0.2, -0.15) is 4.98 Å². The summed E-state index contributed by atoms with van der Waals surface area (Å²) >= 11 is 0. The Hall–Kier alpha value is -3.95. The third-order valence-corrected chi connectivity index (χ3v) is 6.36. The zero-order valence-corrected chi connectivity index (χ0v) is 24.9. The monoisotopic (exact) mass is 552 g/mol. The summed E-state index contributed by atoms with van der Waals surface area (Å²) in [6.07, 6.45) is 7.28. The van der Waals surface area contributed by atoms with Crippen molar-refractivity contribution in [3.05, 3.63) is 41.1 Å². The number of anilines is 2. The van der Waals surface area contributed by atoms with Crippen LogP contribution in [-0.4, -0.2) is 48.9 Å². The van der Waals surface area contributed by atoms with Gasteiger partial charge in [0.15, 0.2) is 17.3 Å². The average molecular weight is 553 g/mol. The van der Waals surface area contributed by atoms with Gasteiger partial charge in [-0.3, -0.25) is 19.7 Å². The van der Waals surface area contributed by atoms with E-state index in [-0.39, 0.29) is 41.5 Å². The molecule has 1 fully saturated rings. The topological polar surface area (TPSA) is 129 Å². The Balaban J connectivity index is 2.14. The van der Waals surface area contributed by atoms with E-state index in [1.165, 1.54) is 27.5 Å². The number of ketones is 1.